The number of aromatic amines is 1. The maximum atomic E-state index is 12.1. The van der Waals surface area contributed by atoms with Crippen LogP contribution in [0.15, 0.2) is 17.1 Å². The highest BCUT2D eigenvalue weighted by Crippen LogP contribution is 2.25. The maximum Gasteiger partial charge on any atom is 0.453 e. The van der Waals surface area contributed by atoms with Crippen molar-refractivity contribution < 1.29 is 13.2 Å². The Morgan fingerprint density at radius 1 is 1.43 bits per heavy atom. The summed E-state index contributed by atoms with van der Waals surface area (Å²) in [6, 6.07) is 1.06. The van der Waals surface area contributed by atoms with Gasteiger partial charge in [-0.2, -0.15) is 18.2 Å². The first-order chi connectivity index (χ1) is 6.47. The molecule has 0 unspecified atom stereocenters. The van der Waals surface area contributed by atoms with Gasteiger partial charge in [-0.3, -0.25) is 9.78 Å². The minimum atomic E-state index is -4.61. The summed E-state index contributed by atoms with van der Waals surface area (Å²) in [7, 11) is 0. The number of nitrogens with one attached hydrogen (secondary N) is 1. The molecule has 0 aliphatic rings. The lowest BCUT2D eigenvalue weighted by molar-refractivity contribution is -0.144. The molecule has 0 aromatic carbocycles. The van der Waals surface area contributed by atoms with Crippen LogP contribution in [0.3, 0.4) is 0 Å². The van der Waals surface area contributed by atoms with Crippen molar-refractivity contribution in [2.24, 2.45) is 0 Å². The topological polar surface area (TPSA) is 63.1 Å². The fourth-order valence-electron chi connectivity index (χ4n) is 0.923. The smallest absolute Gasteiger partial charge is 0.291 e. The van der Waals surface area contributed by atoms with Gasteiger partial charge in [-0.05, 0) is 0 Å². The van der Waals surface area contributed by atoms with Gasteiger partial charge in [0.25, 0.3) is 11.4 Å². The molecule has 2 rings (SSSR count). The molecule has 8 heteroatoms. The van der Waals surface area contributed by atoms with Gasteiger partial charge in [0.2, 0.25) is 5.78 Å². The predicted octanol–water partition coefficient (Wildman–Crippen LogP) is 0.436. The van der Waals surface area contributed by atoms with E-state index in [1.807, 2.05) is 0 Å². The monoisotopic (exact) mass is 204 g/mol. The molecule has 0 aliphatic heterocycles. The Morgan fingerprint density at radius 2 is 2.14 bits per heavy atom. The van der Waals surface area contributed by atoms with Crippen LogP contribution >= 0.6 is 0 Å². The Morgan fingerprint density at radius 3 is 2.79 bits per heavy atom. The quantitative estimate of drug-likeness (QED) is 0.677. The fourth-order valence-corrected chi connectivity index (χ4v) is 0.923. The van der Waals surface area contributed by atoms with Crippen LogP contribution < -0.4 is 5.56 Å². The minimum Gasteiger partial charge on any atom is -0.291 e. The molecule has 0 bridgehead atoms. The Hall–Kier alpha value is -1.86. The SMILES string of the molecule is O=c1ccn2nc(C(F)(F)F)nc2[nH]1. The summed E-state index contributed by atoms with van der Waals surface area (Å²) in [6.07, 6.45) is -3.50. The number of nitrogens with zero attached hydrogens (tertiary/aromatic N) is 3. The maximum absolute atomic E-state index is 12.1. The van der Waals surface area contributed by atoms with E-state index in [0.717, 1.165) is 16.8 Å². The highest BCUT2D eigenvalue weighted by Gasteiger charge is 2.36. The zero-order chi connectivity index (χ0) is 10.3. The number of fused-ring (bicyclic) bond motifs is 1. The van der Waals surface area contributed by atoms with Gasteiger partial charge < -0.3 is 0 Å². The second kappa shape index (κ2) is 2.56. The van der Waals surface area contributed by atoms with Crippen molar-refractivity contribution in [2.75, 3.05) is 0 Å². The Balaban J connectivity index is 2.69. The molecule has 2 aromatic rings. The average Bonchev–Trinajstić information content (AvgIpc) is 2.45. The van der Waals surface area contributed by atoms with Crippen molar-refractivity contribution in [3.8, 4) is 0 Å². The van der Waals surface area contributed by atoms with Crippen LogP contribution in [-0.2, 0) is 6.18 Å². The molecule has 2 aromatic heterocycles. The van der Waals surface area contributed by atoms with E-state index in [1.54, 1.807) is 0 Å². The van der Waals surface area contributed by atoms with Gasteiger partial charge in [0, 0.05) is 12.3 Å². The first-order valence-electron chi connectivity index (χ1n) is 3.50. The summed E-state index contributed by atoms with van der Waals surface area (Å²) >= 11 is 0. The molecular weight excluding hydrogens is 201 g/mol. The van der Waals surface area contributed by atoms with Crippen LogP contribution in [0.5, 0.6) is 0 Å². The van der Waals surface area contributed by atoms with Gasteiger partial charge in [-0.25, -0.2) is 4.52 Å². The summed E-state index contributed by atoms with van der Waals surface area (Å²) in [6.45, 7) is 0. The van der Waals surface area contributed by atoms with E-state index in [2.05, 4.69) is 15.1 Å². The Labute approximate surface area is 74.2 Å². The summed E-state index contributed by atoms with van der Waals surface area (Å²) in [5.41, 5.74) is -0.529. The van der Waals surface area contributed by atoms with Crippen molar-refractivity contribution in [2.45, 2.75) is 6.18 Å². The number of hydrogen-bond acceptors (Lipinski definition) is 3. The van der Waals surface area contributed by atoms with Gasteiger partial charge in [0.15, 0.2) is 0 Å². The Bertz CT molecular complexity index is 526. The third-order valence-corrected chi connectivity index (χ3v) is 1.49. The molecule has 2 heterocycles. The predicted molar refractivity (Wildman–Crippen MR) is 38.6 cm³/mol. The highest BCUT2D eigenvalue weighted by atomic mass is 19.4. The molecule has 1 N–H and O–H groups in total. The van der Waals surface area contributed by atoms with Gasteiger partial charge in [-0.15, -0.1) is 5.10 Å². The molecule has 5 nitrogen and oxygen atoms in total. The highest BCUT2D eigenvalue weighted by molar-refractivity contribution is 5.25. The van der Waals surface area contributed by atoms with Crippen LogP contribution in [0.2, 0.25) is 0 Å². The van der Waals surface area contributed by atoms with Gasteiger partial charge >= 0.3 is 6.18 Å². The molecule has 14 heavy (non-hydrogen) atoms. The van der Waals surface area contributed by atoms with Crippen molar-refractivity contribution in [3.05, 3.63) is 28.4 Å². The third-order valence-electron chi connectivity index (χ3n) is 1.49. The standard InChI is InChI=1S/C6H3F3N4O/c7-6(8,9)4-11-5-10-3(14)1-2-13(5)12-4/h1-2H,(H,10,11,12,14). The number of aromatic nitrogens is 4. The number of rotatable bonds is 0. The van der Waals surface area contributed by atoms with E-state index < -0.39 is 17.6 Å². The van der Waals surface area contributed by atoms with Crippen LogP contribution in [0.1, 0.15) is 5.82 Å². The van der Waals surface area contributed by atoms with Crippen LogP contribution in [0.4, 0.5) is 13.2 Å². The van der Waals surface area contributed by atoms with Crippen molar-refractivity contribution in [1.29, 1.82) is 0 Å². The second-order valence-electron chi connectivity index (χ2n) is 2.51. The number of halogens is 3. The molecule has 0 saturated heterocycles. The first-order valence-corrected chi connectivity index (χ1v) is 3.50. The molecule has 0 spiro atoms. The fraction of sp³-hybridized carbons (Fsp3) is 0.167. The lowest BCUT2D eigenvalue weighted by atomic mass is 10.6. The molecule has 0 radical (unpaired) electrons. The number of alkyl halides is 3. The lowest BCUT2D eigenvalue weighted by Crippen LogP contribution is -2.07. The zero-order valence-corrected chi connectivity index (χ0v) is 6.54. The molecule has 0 aliphatic carbocycles. The van der Waals surface area contributed by atoms with E-state index in [1.165, 1.54) is 0 Å². The lowest BCUT2D eigenvalue weighted by Gasteiger charge is -1.96. The normalized spacial score (nSPS) is 12.2. The summed E-state index contributed by atoms with van der Waals surface area (Å²) < 4.78 is 37.1. The van der Waals surface area contributed by atoms with Crippen LogP contribution in [-0.4, -0.2) is 19.6 Å². The van der Waals surface area contributed by atoms with Crippen molar-refractivity contribution in [1.82, 2.24) is 19.6 Å². The molecular formula is C6H3F3N4O. The van der Waals surface area contributed by atoms with E-state index in [0.29, 0.717) is 0 Å². The van der Waals surface area contributed by atoms with E-state index in [4.69, 9.17) is 0 Å². The van der Waals surface area contributed by atoms with Crippen molar-refractivity contribution >= 4 is 5.78 Å². The van der Waals surface area contributed by atoms with Crippen molar-refractivity contribution in [3.63, 3.8) is 0 Å². The number of H-pyrrole nitrogens is 1. The van der Waals surface area contributed by atoms with E-state index >= 15 is 0 Å². The summed E-state index contributed by atoms with van der Waals surface area (Å²) in [5.74, 6) is -1.51. The minimum absolute atomic E-state index is 0.232. The molecule has 0 amide bonds. The van der Waals surface area contributed by atoms with E-state index in [-0.39, 0.29) is 5.78 Å². The summed E-state index contributed by atoms with van der Waals surface area (Å²) in [5, 5.41) is 3.14. The summed E-state index contributed by atoms with van der Waals surface area (Å²) in [4.78, 5) is 16.0. The second-order valence-corrected chi connectivity index (χ2v) is 2.51. The van der Waals surface area contributed by atoms with E-state index in [9.17, 15) is 18.0 Å². The van der Waals surface area contributed by atoms with Gasteiger partial charge in [0.1, 0.15) is 0 Å². The molecule has 0 saturated carbocycles. The Kier molecular flexibility index (Phi) is 1.60. The molecule has 0 fully saturated rings. The molecule has 0 atom stereocenters. The molecule has 74 valence electrons. The van der Waals surface area contributed by atoms with Crippen LogP contribution in [0.25, 0.3) is 5.78 Å². The average molecular weight is 204 g/mol. The first kappa shape index (κ1) is 8.73. The van der Waals surface area contributed by atoms with Gasteiger partial charge in [-0.1, -0.05) is 0 Å². The number of hydrogen-bond donors (Lipinski definition) is 1. The van der Waals surface area contributed by atoms with Gasteiger partial charge in [0.05, 0.1) is 0 Å². The third kappa shape index (κ3) is 1.34. The largest absolute Gasteiger partial charge is 0.453 e. The zero-order valence-electron chi connectivity index (χ0n) is 6.54. The van der Waals surface area contributed by atoms with Crippen LogP contribution in [0, 0.1) is 0 Å².